The molecule has 0 aliphatic heterocycles. The number of aromatic nitrogens is 2. The van der Waals surface area contributed by atoms with Crippen LogP contribution >= 0.6 is 11.3 Å². The molecule has 0 fully saturated rings. The fourth-order valence-corrected chi connectivity index (χ4v) is 1.80. The maximum atomic E-state index is 11.9. The summed E-state index contributed by atoms with van der Waals surface area (Å²) in [5.74, 6) is 0.0925. The van der Waals surface area contributed by atoms with E-state index in [2.05, 4.69) is 9.97 Å². The van der Waals surface area contributed by atoms with Gasteiger partial charge in [0.15, 0.2) is 5.69 Å². The normalized spacial score (nSPS) is 9.93. The largest absolute Gasteiger partial charge is 0.479 e. The minimum Gasteiger partial charge on any atom is -0.479 e. The van der Waals surface area contributed by atoms with E-state index >= 15 is 0 Å². The number of carbonyl (C=O) groups excluding carboxylic acids is 1. The van der Waals surface area contributed by atoms with E-state index < -0.39 is 0 Å². The summed E-state index contributed by atoms with van der Waals surface area (Å²) in [6.45, 7) is 0. The van der Waals surface area contributed by atoms with Gasteiger partial charge in [-0.25, -0.2) is 9.97 Å². The molecule has 4 nitrogen and oxygen atoms in total. The molecule has 0 aliphatic rings. The summed E-state index contributed by atoms with van der Waals surface area (Å²) in [4.78, 5) is 19.8. The first kappa shape index (κ1) is 9.79. The molecule has 0 spiro atoms. The van der Waals surface area contributed by atoms with E-state index in [4.69, 9.17) is 4.74 Å². The van der Waals surface area contributed by atoms with Gasteiger partial charge in [-0.1, -0.05) is 0 Å². The maximum absolute atomic E-state index is 11.9. The maximum Gasteiger partial charge on any atom is 0.243 e. The van der Waals surface area contributed by atoms with Crippen molar-refractivity contribution in [1.29, 1.82) is 0 Å². The highest BCUT2D eigenvalue weighted by Gasteiger charge is 2.16. The van der Waals surface area contributed by atoms with E-state index in [1.807, 2.05) is 5.38 Å². The van der Waals surface area contributed by atoms with Gasteiger partial charge in [0.1, 0.15) is 0 Å². The van der Waals surface area contributed by atoms with Crippen LogP contribution in [0.15, 0.2) is 29.2 Å². The first-order valence-electron chi connectivity index (χ1n) is 4.25. The molecule has 0 amide bonds. The molecular formula is C10H8N2O2S. The number of hydrogen-bond acceptors (Lipinski definition) is 5. The predicted octanol–water partition coefficient (Wildman–Crippen LogP) is 1.78. The Hall–Kier alpha value is -1.75. The van der Waals surface area contributed by atoms with Crippen LogP contribution in [0, 0.1) is 0 Å². The molecule has 0 unspecified atom stereocenters. The second-order valence-electron chi connectivity index (χ2n) is 2.76. The second kappa shape index (κ2) is 4.18. The standard InChI is InChI=1S/C10H8N2O2S/c1-14-10-8(11-3-4-12-10)9(13)7-2-5-15-6-7/h2-6H,1H3. The summed E-state index contributed by atoms with van der Waals surface area (Å²) in [6.07, 6.45) is 2.96. The zero-order valence-electron chi connectivity index (χ0n) is 8.01. The minimum absolute atomic E-state index is 0.166. The topological polar surface area (TPSA) is 52.1 Å². The molecule has 0 aromatic carbocycles. The summed E-state index contributed by atoms with van der Waals surface area (Å²) in [6, 6.07) is 1.75. The van der Waals surface area contributed by atoms with Crippen molar-refractivity contribution in [3.8, 4) is 5.88 Å². The first-order valence-corrected chi connectivity index (χ1v) is 5.19. The van der Waals surface area contributed by atoms with Crippen LogP contribution in [0.2, 0.25) is 0 Å². The molecule has 2 rings (SSSR count). The number of ketones is 1. The fraction of sp³-hybridized carbons (Fsp3) is 0.100. The summed E-state index contributed by atoms with van der Waals surface area (Å²) in [5.41, 5.74) is 0.859. The van der Waals surface area contributed by atoms with Crippen LogP contribution < -0.4 is 4.74 Å². The van der Waals surface area contributed by atoms with Crippen LogP contribution in [0.4, 0.5) is 0 Å². The molecule has 2 aromatic rings. The van der Waals surface area contributed by atoms with E-state index in [9.17, 15) is 4.79 Å². The second-order valence-corrected chi connectivity index (χ2v) is 3.54. The van der Waals surface area contributed by atoms with Crippen molar-refractivity contribution in [1.82, 2.24) is 9.97 Å². The van der Waals surface area contributed by atoms with Crippen molar-refractivity contribution in [2.24, 2.45) is 0 Å². The Morgan fingerprint density at radius 2 is 2.20 bits per heavy atom. The van der Waals surface area contributed by atoms with Crippen molar-refractivity contribution >= 4 is 17.1 Å². The Labute approximate surface area is 90.6 Å². The number of ether oxygens (including phenoxy) is 1. The third-order valence-electron chi connectivity index (χ3n) is 1.86. The number of rotatable bonds is 3. The molecule has 2 heterocycles. The van der Waals surface area contributed by atoms with Crippen LogP contribution in [-0.2, 0) is 0 Å². The number of nitrogens with zero attached hydrogens (tertiary/aromatic N) is 2. The molecule has 5 heteroatoms. The molecule has 0 saturated heterocycles. The van der Waals surface area contributed by atoms with Crippen molar-refractivity contribution in [2.75, 3.05) is 7.11 Å². The summed E-state index contributed by atoms with van der Waals surface area (Å²) in [5, 5.41) is 3.62. The molecule has 0 bridgehead atoms. The van der Waals surface area contributed by atoms with Gasteiger partial charge in [-0.15, -0.1) is 0 Å². The van der Waals surface area contributed by atoms with E-state index in [0.29, 0.717) is 5.56 Å². The molecule has 0 atom stereocenters. The van der Waals surface area contributed by atoms with E-state index in [0.717, 1.165) is 0 Å². The smallest absolute Gasteiger partial charge is 0.243 e. The van der Waals surface area contributed by atoms with Crippen LogP contribution in [-0.4, -0.2) is 22.9 Å². The average molecular weight is 220 g/mol. The SMILES string of the molecule is COc1nccnc1C(=O)c1ccsc1. The third-order valence-corrected chi connectivity index (χ3v) is 2.54. The number of methoxy groups -OCH3 is 1. The van der Waals surface area contributed by atoms with Gasteiger partial charge in [0, 0.05) is 23.3 Å². The molecule has 0 saturated carbocycles. The average Bonchev–Trinajstić information content (AvgIpc) is 2.81. The van der Waals surface area contributed by atoms with Gasteiger partial charge >= 0.3 is 0 Å². The number of thiophene rings is 1. The van der Waals surface area contributed by atoms with Gasteiger partial charge < -0.3 is 4.74 Å². The highest BCUT2D eigenvalue weighted by atomic mass is 32.1. The molecule has 0 aliphatic carbocycles. The quantitative estimate of drug-likeness (QED) is 0.740. The Kier molecular flexibility index (Phi) is 2.73. The number of hydrogen-bond donors (Lipinski definition) is 0. The van der Waals surface area contributed by atoms with Crippen LogP contribution in [0.1, 0.15) is 16.1 Å². The minimum atomic E-state index is -0.166. The lowest BCUT2D eigenvalue weighted by Crippen LogP contribution is -2.06. The number of carbonyl (C=O) groups is 1. The van der Waals surface area contributed by atoms with Crippen LogP contribution in [0.3, 0.4) is 0 Å². The zero-order chi connectivity index (χ0) is 10.7. The molecule has 15 heavy (non-hydrogen) atoms. The monoisotopic (exact) mass is 220 g/mol. The van der Waals surface area contributed by atoms with Crippen molar-refractivity contribution in [3.63, 3.8) is 0 Å². The van der Waals surface area contributed by atoms with Gasteiger partial charge in [-0.05, 0) is 11.4 Å². The molecular weight excluding hydrogens is 212 g/mol. The van der Waals surface area contributed by atoms with Gasteiger partial charge in [-0.3, -0.25) is 4.79 Å². The Morgan fingerprint density at radius 3 is 2.87 bits per heavy atom. The Bertz CT molecular complexity index is 468. The van der Waals surface area contributed by atoms with Gasteiger partial charge in [0.05, 0.1) is 7.11 Å². The lowest BCUT2D eigenvalue weighted by atomic mass is 10.2. The lowest BCUT2D eigenvalue weighted by Gasteiger charge is -2.02. The van der Waals surface area contributed by atoms with Gasteiger partial charge in [0.25, 0.3) is 0 Å². The van der Waals surface area contributed by atoms with E-state index in [-0.39, 0.29) is 17.4 Å². The first-order chi connectivity index (χ1) is 7.33. The van der Waals surface area contributed by atoms with Crippen LogP contribution in [0.5, 0.6) is 5.88 Å². The molecule has 0 N–H and O–H groups in total. The molecule has 76 valence electrons. The van der Waals surface area contributed by atoms with Crippen LogP contribution in [0.25, 0.3) is 0 Å². The van der Waals surface area contributed by atoms with Crippen molar-refractivity contribution < 1.29 is 9.53 Å². The lowest BCUT2D eigenvalue weighted by molar-refractivity contribution is 0.103. The third kappa shape index (κ3) is 1.87. The van der Waals surface area contributed by atoms with E-state index in [1.54, 1.807) is 11.4 Å². The zero-order valence-corrected chi connectivity index (χ0v) is 8.82. The van der Waals surface area contributed by atoms with Crippen molar-refractivity contribution in [3.05, 3.63) is 40.5 Å². The van der Waals surface area contributed by atoms with Gasteiger partial charge in [-0.2, -0.15) is 11.3 Å². The predicted molar refractivity (Wildman–Crippen MR) is 56.3 cm³/mol. The molecule has 2 aromatic heterocycles. The highest BCUT2D eigenvalue weighted by molar-refractivity contribution is 7.08. The summed E-state index contributed by atoms with van der Waals surface area (Å²) in [7, 11) is 1.47. The Balaban J connectivity index is 2.42. The van der Waals surface area contributed by atoms with Crippen molar-refractivity contribution in [2.45, 2.75) is 0 Å². The molecule has 0 radical (unpaired) electrons. The van der Waals surface area contributed by atoms with Gasteiger partial charge in [0.2, 0.25) is 11.7 Å². The summed E-state index contributed by atoms with van der Waals surface area (Å²) >= 11 is 1.47. The fourth-order valence-electron chi connectivity index (χ4n) is 1.16. The Morgan fingerprint density at radius 1 is 1.40 bits per heavy atom. The summed E-state index contributed by atoms with van der Waals surface area (Å²) < 4.78 is 4.97. The van der Waals surface area contributed by atoms with E-state index in [1.165, 1.54) is 30.8 Å². The highest BCUT2D eigenvalue weighted by Crippen LogP contribution is 2.17.